The Hall–Kier alpha value is -3.68. The Labute approximate surface area is 210 Å². The lowest BCUT2D eigenvalue weighted by Crippen LogP contribution is -2.42. The number of hydrogen-bond donors (Lipinski definition) is 2. The molecule has 35 heavy (non-hydrogen) atoms. The van der Waals surface area contributed by atoms with Crippen LogP contribution in [0.4, 0.5) is 11.6 Å². The van der Waals surface area contributed by atoms with Gasteiger partial charge in [0.25, 0.3) is 0 Å². The lowest BCUT2D eigenvalue weighted by Gasteiger charge is -2.33. The molecule has 3 aromatic rings. The minimum atomic E-state index is 0. The summed E-state index contributed by atoms with van der Waals surface area (Å²) in [7, 11) is 5.49. The van der Waals surface area contributed by atoms with Crippen LogP contribution in [0.15, 0.2) is 36.7 Å². The van der Waals surface area contributed by atoms with Crippen molar-refractivity contribution in [2.24, 2.45) is 0 Å². The van der Waals surface area contributed by atoms with Gasteiger partial charge in [0.1, 0.15) is 17.6 Å². The van der Waals surface area contributed by atoms with Gasteiger partial charge in [-0.15, -0.1) is 12.4 Å². The van der Waals surface area contributed by atoms with Crippen LogP contribution in [0.5, 0.6) is 5.75 Å². The molecular weight excluding hydrogens is 468 g/mol. The number of hydrogen-bond acceptors (Lipinski definition) is 8. The van der Waals surface area contributed by atoms with Gasteiger partial charge >= 0.3 is 0 Å². The molecule has 1 fully saturated rings. The first-order chi connectivity index (χ1) is 16.5. The molecule has 11 heteroatoms. The van der Waals surface area contributed by atoms with Gasteiger partial charge in [0.2, 0.25) is 5.91 Å². The fourth-order valence-electron chi connectivity index (χ4n) is 4.12. The topological polar surface area (TPSA) is 123 Å². The molecule has 0 unspecified atom stereocenters. The quantitative estimate of drug-likeness (QED) is 0.511. The number of nitrogens with one attached hydrogen (secondary N) is 2. The number of carbonyl (C=O) groups is 1. The highest BCUT2D eigenvalue weighted by Crippen LogP contribution is 2.36. The van der Waals surface area contributed by atoms with Gasteiger partial charge in [0, 0.05) is 24.7 Å². The molecule has 1 saturated heterocycles. The average Bonchev–Trinajstić information content (AvgIpc) is 3.32. The molecule has 0 spiro atoms. The highest BCUT2D eigenvalue weighted by molar-refractivity contribution is 5.85. The smallest absolute Gasteiger partial charge is 0.236 e. The molecular formula is C24H29ClN8O2. The lowest BCUT2D eigenvalue weighted by atomic mass is 9.88. The number of benzene rings is 1. The van der Waals surface area contributed by atoms with E-state index in [1.54, 1.807) is 7.11 Å². The number of amides is 1. The summed E-state index contributed by atoms with van der Waals surface area (Å²) in [6, 6.07) is 10.1. The number of methoxy groups -OCH3 is 1. The zero-order chi connectivity index (χ0) is 24.1. The van der Waals surface area contributed by atoms with Crippen molar-refractivity contribution in [1.29, 1.82) is 5.26 Å². The number of anilines is 2. The molecule has 3 heterocycles. The molecule has 184 valence electrons. The highest BCUT2D eigenvalue weighted by atomic mass is 35.5. The Morgan fingerprint density at radius 3 is 2.63 bits per heavy atom. The second-order valence-electron chi connectivity index (χ2n) is 8.54. The van der Waals surface area contributed by atoms with Gasteiger partial charge in [-0.25, -0.2) is 9.97 Å². The molecule has 1 aliphatic heterocycles. The second-order valence-corrected chi connectivity index (χ2v) is 8.54. The Morgan fingerprint density at radius 2 is 2.00 bits per heavy atom. The maximum absolute atomic E-state index is 12.3. The third kappa shape index (κ3) is 6.26. The van der Waals surface area contributed by atoms with E-state index in [4.69, 9.17) is 10.00 Å². The number of likely N-dealkylation sites (N-methyl/N-ethyl adjacent to an activating group) is 1. The lowest BCUT2D eigenvalue weighted by molar-refractivity contribution is -0.132. The molecule has 2 aromatic heterocycles. The van der Waals surface area contributed by atoms with Gasteiger partial charge in [-0.05, 0) is 50.6 Å². The summed E-state index contributed by atoms with van der Waals surface area (Å²) in [6.45, 7) is 2.00. The van der Waals surface area contributed by atoms with Gasteiger partial charge in [-0.1, -0.05) is 6.07 Å². The molecule has 0 atom stereocenters. The first-order valence-electron chi connectivity index (χ1n) is 11.1. The standard InChI is InChI=1S/C24H28N8O2.ClH/c1-31(2)15-24(33)32-8-6-16(7-9-32)17-4-5-19(21(10-17)34-3)20-11-22(30-29-20)28-23-14-26-18(12-25)13-27-23;/h4-5,10-11,13-14,16H,6-9,15H2,1-3H3,(H2,27,28,29,30);1H. The van der Waals surface area contributed by atoms with Crippen molar-refractivity contribution in [3.63, 3.8) is 0 Å². The molecule has 0 aliphatic carbocycles. The minimum absolute atomic E-state index is 0. The van der Waals surface area contributed by atoms with Gasteiger partial charge in [0.05, 0.1) is 31.7 Å². The van der Waals surface area contributed by atoms with Crippen molar-refractivity contribution in [1.82, 2.24) is 30.0 Å². The van der Waals surface area contributed by atoms with Crippen LogP contribution in [0.1, 0.15) is 30.0 Å². The van der Waals surface area contributed by atoms with E-state index < -0.39 is 0 Å². The van der Waals surface area contributed by atoms with Crippen LogP contribution in [0.2, 0.25) is 0 Å². The average molecular weight is 497 g/mol. The molecule has 0 saturated carbocycles. The first kappa shape index (κ1) is 25.9. The van der Waals surface area contributed by atoms with E-state index in [0.717, 1.165) is 42.9 Å². The fourth-order valence-corrected chi connectivity index (χ4v) is 4.12. The third-order valence-corrected chi connectivity index (χ3v) is 5.89. The van der Waals surface area contributed by atoms with E-state index in [-0.39, 0.29) is 24.0 Å². The monoisotopic (exact) mass is 496 g/mol. The Kier molecular flexibility index (Phi) is 8.63. The number of piperidine rings is 1. The summed E-state index contributed by atoms with van der Waals surface area (Å²) < 4.78 is 5.70. The van der Waals surface area contributed by atoms with Gasteiger partial charge in [0.15, 0.2) is 11.5 Å². The maximum Gasteiger partial charge on any atom is 0.236 e. The number of nitrogens with zero attached hydrogens (tertiary/aromatic N) is 6. The Morgan fingerprint density at radius 1 is 1.23 bits per heavy atom. The molecule has 2 N–H and O–H groups in total. The number of halogens is 1. The maximum atomic E-state index is 12.3. The van der Waals surface area contributed by atoms with Crippen LogP contribution in [0, 0.1) is 11.3 Å². The summed E-state index contributed by atoms with van der Waals surface area (Å²) in [6.07, 6.45) is 4.76. The number of likely N-dealkylation sites (tertiary alicyclic amines) is 1. The molecule has 0 radical (unpaired) electrons. The second kappa shape index (κ2) is 11.6. The number of aromatic nitrogens is 4. The predicted molar refractivity (Wildman–Crippen MR) is 135 cm³/mol. The first-order valence-corrected chi connectivity index (χ1v) is 11.1. The molecule has 0 bridgehead atoms. The van der Waals surface area contributed by atoms with Crippen LogP contribution in [-0.4, -0.2) is 76.7 Å². The van der Waals surface area contributed by atoms with Gasteiger partial charge in [-0.2, -0.15) is 10.4 Å². The van der Waals surface area contributed by atoms with Crippen molar-refractivity contribution >= 4 is 29.9 Å². The van der Waals surface area contributed by atoms with Crippen molar-refractivity contribution in [3.05, 3.63) is 47.9 Å². The number of nitriles is 1. The van der Waals surface area contributed by atoms with E-state index in [0.29, 0.717) is 24.1 Å². The molecule has 1 aliphatic rings. The van der Waals surface area contributed by atoms with Crippen LogP contribution >= 0.6 is 12.4 Å². The Balaban J connectivity index is 0.00000342. The SMILES string of the molecule is COc1cc(C2CCN(C(=O)CN(C)C)CC2)ccc1-c1cc(Nc2cnc(C#N)cn2)n[nH]1.Cl. The molecule has 1 amide bonds. The predicted octanol–water partition coefficient (Wildman–Crippen LogP) is 3.18. The zero-order valence-corrected chi connectivity index (χ0v) is 20.8. The molecule has 4 rings (SSSR count). The number of H-pyrrole nitrogens is 1. The summed E-state index contributed by atoms with van der Waals surface area (Å²) >= 11 is 0. The van der Waals surface area contributed by atoms with E-state index in [1.165, 1.54) is 18.0 Å². The largest absolute Gasteiger partial charge is 0.496 e. The summed E-state index contributed by atoms with van der Waals surface area (Å²) in [4.78, 5) is 24.3. The van der Waals surface area contributed by atoms with E-state index in [2.05, 4.69) is 37.6 Å². The zero-order valence-electron chi connectivity index (χ0n) is 20.0. The number of aromatic amines is 1. The van der Waals surface area contributed by atoms with E-state index in [9.17, 15) is 4.79 Å². The van der Waals surface area contributed by atoms with Crippen LogP contribution in [-0.2, 0) is 4.79 Å². The molecule has 1 aromatic carbocycles. The minimum Gasteiger partial charge on any atom is -0.496 e. The summed E-state index contributed by atoms with van der Waals surface area (Å²) in [5.41, 5.74) is 3.17. The molecule has 10 nitrogen and oxygen atoms in total. The van der Waals surface area contributed by atoms with Crippen molar-refractivity contribution in [3.8, 4) is 23.1 Å². The van der Waals surface area contributed by atoms with Crippen LogP contribution in [0.3, 0.4) is 0 Å². The summed E-state index contributed by atoms with van der Waals surface area (Å²) in [5.74, 6) is 2.41. The van der Waals surface area contributed by atoms with Crippen molar-refractivity contribution < 1.29 is 9.53 Å². The van der Waals surface area contributed by atoms with Crippen molar-refractivity contribution in [2.45, 2.75) is 18.8 Å². The highest BCUT2D eigenvalue weighted by Gasteiger charge is 2.25. The third-order valence-electron chi connectivity index (χ3n) is 5.89. The summed E-state index contributed by atoms with van der Waals surface area (Å²) in [5, 5.41) is 19.2. The van der Waals surface area contributed by atoms with Gasteiger partial charge in [-0.3, -0.25) is 9.89 Å². The number of carbonyl (C=O) groups excluding carboxylic acids is 1. The van der Waals surface area contributed by atoms with Gasteiger partial charge < -0.3 is 19.9 Å². The van der Waals surface area contributed by atoms with Crippen molar-refractivity contribution in [2.75, 3.05) is 46.2 Å². The van der Waals surface area contributed by atoms with E-state index >= 15 is 0 Å². The Bertz CT molecular complexity index is 1180. The van der Waals surface area contributed by atoms with Crippen LogP contribution < -0.4 is 10.1 Å². The van der Waals surface area contributed by atoms with E-state index in [1.807, 2.05) is 42.1 Å². The number of ether oxygens (including phenoxy) is 1. The fraction of sp³-hybridized carbons (Fsp3) is 0.375. The normalized spacial score (nSPS) is 13.7. The number of rotatable bonds is 7. The van der Waals surface area contributed by atoms with Crippen LogP contribution in [0.25, 0.3) is 11.3 Å².